The number of fused-ring (bicyclic) bond motifs is 1. The number of nitrogens with one attached hydrogen (secondary N) is 1. The highest BCUT2D eigenvalue weighted by molar-refractivity contribution is 7.15. The first kappa shape index (κ1) is 13.2. The molecule has 2 atom stereocenters. The van der Waals surface area contributed by atoms with Gasteiger partial charge in [0.05, 0.1) is 25.3 Å². The monoisotopic (exact) mass is 306 g/mol. The molecular weight excluding hydrogens is 288 g/mol. The van der Waals surface area contributed by atoms with Crippen molar-refractivity contribution >= 4 is 22.2 Å². The maximum Gasteiger partial charge on any atom is 0.271 e. The number of likely N-dealkylation sites (tertiary alicyclic amines) is 1. The number of thiazole rings is 1. The van der Waals surface area contributed by atoms with Crippen LogP contribution in [0.15, 0.2) is 17.8 Å². The number of hydrogen-bond acceptors (Lipinski definition) is 5. The van der Waals surface area contributed by atoms with Crippen molar-refractivity contribution in [2.45, 2.75) is 24.9 Å². The first-order chi connectivity index (χ1) is 10.3. The molecule has 2 fully saturated rings. The lowest BCUT2D eigenvalue weighted by Gasteiger charge is -2.27. The molecule has 1 amide bonds. The normalized spacial score (nSPS) is 26.7. The number of amides is 1. The van der Waals surface area contributed by atoms with Gasteiger partial charge in [-0.25, -0.2) is 4.98 Å². The molecule has 2 saturated heterocycles. The van der Waals surface area contributed by atoms with E-state index in [0.717, 1.165) is 18.1 Å². The van der Waals surface area contributed by atoms with Crippen molar-refractivity contribution in [3.05, 3.63) is 23.5 Å². The van der Waals surface area contributed by atoms with E-state index in [1.165, 1.54) is 24.2 Å². The van der Waals surface area contributed by atoms with E-state index in [0.29, 0.717) is 24.9 Å². The fourth-order valence-electron chi connectivity index (χ4n) is 3.19. The van der Waals surface area contributed by atoms with Gasteiger partial charge < -0.3 is 10.1 Å². The van der Waals surface area contributed by atoms with Crippen molar-refractivity contribution < 1.29 is 9.53 Å². The summed E-state index contributed by atoms with van der Waals surface area (Å²) >= 11 is 1.53. The number of ether oxygens (including phenoxy) is 1. The van der Waals surface area contributed by atoms with E-state index in [1.54, 1.807) is 6.20 Å². The summed E-state index contributed by atoms with van der Waals surface area (Å²) in [5.41, 5.74) is 0.480. The molecule has 0 unspecified atom stereocenters. The van der Waals surface area contributed by atoms with Crippen LogP contribution in [0.3, 0.4) is 0 Å². The highest BCUT2D eigenvalue weighted by atomic mass is 32.1. The average molecular weight is 306 g/mol. The Bertz CT molecular complexity index is 618. The Morgan fingerprint density at radius 1 is 1.38 bits per heavy atom. The second kappa shape index (κ2) is 5.40. The van der Waals surface area contributed by atoms with E-state index in [4.69, 9.17) is 4.74 Å². The van der Waals surface area contributed by atoms with Crippen LogP contribution in [0.1, 0.15) is 23.3 Å². The molecule has 1 N–H and O–H groups in total. The van der Waals surface area contributed by atoms with Crippen LogP contribution in [-0.2, 0) is 4.74 Å². The second-order valence-electron chi connectivity index (χ2n) is 5.65. The minimum absolute atomic E-state index is 0.0651. The summed E-state index contributed by atoms with van der Waals surface area (Å²) in [6.45, 7) is 3.53. The number of carbonyl (C=O) groups excluding carboxylic acids is 1. The third-order valence-electron chi connectivity index (χ3n) is 4.30. The van der Waals surface area contributed by atoms with Crippen molar-refractivity contribution in [2.75, 3.05) is 26.3 Å². The molecule has 0 saturated carbocycles. The van der Waals surface area contributed by atoms with Gasteiger partial charge in [-0.1, -0.05) is 0 Å². The van der Waals surface area contributed by atoms with E-state index in [9.17, 15) is 4.79 Å². The Kier molecular flexibility index (Phi) is 3.40. The van der Waals surface area contributed by atoms with Crippen molar-refractivity contribution in [1.82, 2.24) is 19.6 Å². The molecule has 0 radical (unpaired) electrons. The van der Waals surface area contributed by atoms with Gasteiger partial charge in [0, 0.05) is 17.8 Å². The van der Waals surface area contributed by atoms with Crippen LogP contribution in [-0.4, -0.2) is 58.6 Å². The number of carbonyl (C=O) groups is 1. The van der Waals surface area contributed by atoms with E-state index in [2.05, 4.69) is 15.2 Å². The average Bonchev–Trinajstić information content (AvgIpc) is 3.22. The summed E-state index contributed by atoms with van der Waals surface area (Å²) in [5, 5.41) is 5.05. The number of aromatic nitrogens is 2. The van der Waals surface area contributed by atoms with Crippen LogP contribution >= 0.6 is 11.3 Å². The van der Waals surface area contributed by atoms with Gasteiger partial charge >= 0.3 is 0 Å². The Labute approximate surface area is 126 Å². The molecule has 6 nitrogen and oxygen atoms in total. The van der Waals surface area contributed by atoms with E-state index in [-0.39, 0.29) is 11.9 Å². The van der Waals surface area contributed by atoms with Crippen molar-refractivity contribution in [1.29, 1.82) is 0 Å². The maximum absolute atomic E-state index is 12.4. The summed E-state index contributed by atoms with van der Waals surface area (Å²) in [5.74, 6) is -0.106. The van der Waals surface area contributed by atoms with Gasteiger partial charge in [-0.2, -0.15) is 0 Å². The van der Waals surface area contributed by atoms with Crippen LogP contribution in [0.4, 0.5) is 0 Å². The zero-order chi connectivity index (χ0) is 14.2. The second-order valence-corrected chi connectivity index (χ2v) is 6.52. The van der Waals surface area contributed by atoms with E-state index < -0.39 is 0 Å². The van der Waals surface area contributed by atoms with Gasteiger partial charge in [0.15, 0.2) is 4.96 Å². The molecule has 112 valence electrons. The summed E-state index contributed by atoms with van der Waals surface area (Å²) in [7, 11) is 0. The summed E-state index contributed by atoms with van der Waals surface area (Å²) in [6.07, 6.45) is 6.18. The number of nitrogens with zero attached hydrogens (tertiary/aromatic N) is 3. The quantitative estimate of drug-likeness (QED) is 0.919. The van der Waals surface area contributed by atoms with Crippen LogP contribution < -0.4 is 5.32 Å². The molecule has 2 aromatic heterocycles. The first-order valence-electron chi connectivity index (χ1n) is 7.36. The van der Waals surface area contributed by atoms with Gasteiger partial charge in [0.2, 0.25) is 0 Å². The zero-order valence-corrected chi connectivity index (χ0v) is 12.5. The fraction of sp³-hybridized carbons (Fsp3) is 0.571. The third-order valence-corrected chi connectivity index (χ3v) is 5.07. The molecule has 0 bridgehead atoms. The van der Waals surface area contributed by atoms with Gasteiger partial charge in [0.1, 0.15) is 5.69 Å². The van der Waals surface area contributed by atoms with Gasteiger partial charge in [-0.15, -0.1) is 11.3 Å². The predicted octanol–water partition coefficient (Wildman–Crippen LogP) is 0.989. The lowest BCUT2D eigenvalue weighted by Crippen LogP contribution is -2.50. The lowest BCUT2D eigenvalue weighted by molar-refractivity contribution is 0.0912. The largest absolute Gasteiger partial charge is 0.378 e. The standard InChI is InChI=1S/C14H18N4O2S/c19-13(10-7-18-5-6-21-14(18)16-10)15-11-8-20-9-12(11)17-3-1-2-4-17/h5-7,11-12H,1-4,8-9H2,(H,15,19)/t11-,12-/m1/s1. The maximum atomic E-state index is 12.4. The predicted molar refractivity (Wildman–Crippen MR) is 79.7 cm³/mol. The SMILES string of the molecule is O=C(N[C@@H]1COC[C@H]1N1CCCC1)c1cn2ccsc2n1. The first-order valence-corrected chi connectivity index (χ1v) is 8.24. The molecule has 0 aromatic carbocycles. The Morgan fingerprint density at radius 2 is 2.24 bits per heavy atom. The molecule has 0 spiro atoms. The smallest absolute Gasteiger partial charge is 0.271 e. The molecule has 4 rings (SSSR count). The molecule has 21 heavy (non-hydrogen) atoms. The minimum Gasteiger partial charge on any atom is -0.378 e. The molecule has 0 aliphatic carbocycles. The van der Waals surface area contributed by atoms with Crippen LogP contribution in [0.25, 0.3) is 4.96 Å². The number of rotatable bonds is 3. The minimum atomic E-state index is -0.106. The highest BCUT2D eigenvalue weighted by Crippen LogP contribution is 2.19. The number of hydrogen-bond donors (Lipinski definition) is 1. The topological polar surface area (TPSA) is 58.9 Å². The Morgan fingerprint density at radius 3 is 3.05 bits per heavy atom. The zero-order valence-electron chi connectivity index (χ0n) is 11.7. The van der Waals surface area contributed by atoms with Crippen LogP contribution in [0, 0.1) is 0 Å². The van der Waals surface area contributed by atoms with Crippen molar-refractivity contribution in [3.8, 4) is 0 Å². The Hall–Kier alpha value is -1.44. The summed E-state index contributed by atoms with van der Waals surface area (Å²) in [6, 6.07) is 0.371. The molecule has 2 aromatic rings. The summed E-state index contributed by atoms with van der Waals surface area (Å²) < 4.78 is 7.46. The molecule has 7 heteroatoms. The van der Waals surface area contributed by atoms with Crippen LogP contribution in [0.5, 0.6) is 0 Å². The molecule has 2 aliphatic heterocycles. The molecule has 2 aliphatic rings. The van der Waals surface area contributed by atoms with Crippen molar-refractivity contribution in [2.24, 2.45) is 0 Å². The lowest BCUT2D eigenvalue weighted by atomic mass is 10.1. The fourth-order valence-corrected chi connectivity index (χ4v) is 3.89. The van der Waals surface area contributed by atoms with Crippen LogP contribution in [0.2, 0.25) is 0 Å². The Balaban J connectivity index is 1.46. The van der Waals surface area contributed by atoms with E-state index in [1.807, 2.05) is 16.0 Å². The molecular formula is C14H18N4O2S. The number of imidazole rings is 1. The van der Waals surface area contributed by atoms with E-state index >= 15 is 0 Å². The molecule has 4 heterocycles. The van der Waals surface area contributed by atoms with Crippen molar-refractivity contribution in [3.63, 3.8) is 0 Å². The highest BCUT2D eigenvalue weighted by Gasteiger charge is 2.35. The van der Waals surface area contributed by atoms with Gasteiger partial charge in [-0.3, -0.25) is 14.1 Å². The van der Waals surface area contributed by atoms with Gasteiger partial charge in [-0.05, 0) is 25.9 Å². The third kappa shape index (κ3) is 2.45. The van der Waals surface area contributed by atoms with Gasteiger partial charge in [0.25, 0.3) is 5.91 Å². The summed E-state index contributed by atoms with van der Waals surface area (Å²) in [4.78, 5) is 20.0.